The van der Waals surface area contributed by atoms with E-state index in [0.717, 1.165) is 0 Å². The van der Waals surface area contributed by atoms with Crippen LogP contribution in [0.1, 0.15) is 0 Å². The highest BCUT2D eigenvalue weighted by atomic mass is 16.5. The van der Waals surface area contributed by atoms with Gasteiger partial charge in [0.2, 0.25) is 17.2 Å². The Balaban J connectivity index is 2.33. The number of benzene rings is 2. The Kier molecular flexibility index (Phi) is 4.14. The first kappa shape index (κ1) is 16.5. The molecule has 0 bridgehead atoms. The molecule has 2 aromatic carbocycles. The first-order valence-corrected chi connectivity index (χ1v) is 7.30. The Morgan fingerprint density at radius 2 is 1.52 bits per heavy atom. The predicted molar refractivity (Wildman–Crippen MR) is 90.9 cm³/mol. The highest BCUT2D eigenvalue weighted by molar-refractivity contribution is 5.95. The van der Waals surface area contributed by atoms with E-state index in [-0.39, 0.29) is 28.2 Å². The second-order valence-electron chi connectivity index (χ2n) is 5.17. The molecule has 130 valence electrons. The number of ether oxygens (including phenoxy) is 3. The minimum absolute atomic E-state index is 0.0736. The molecular weight excluding hydrogens is 328 g/mol. The molecule has 25 heavy (non-hydrogen) atoms. The van der Waals surface area contributed by atoms with Gasteiger partial charge in [0.25, 0.3) is 0 Å². The lowest BCUT2D eigenvalue weighted by Gasteiger charge is -2.13. The summed E-state index contributed by atoms with van der Waals surface area (Å²) in [5.74, 6) is -0.421. The summed E-state index contributed by atoms with van der Waals surface area (Å²) in [5, 5.41) is 20.4. The molecule has 7 heteroatoms. The number of phenolic OH excluding ortho intramolecular Hbond substituents is 2. The average molecular weight is 344 g/mol. The molecule has 0 aliphatic carbocycles. The highest BCUT2D eigenvalue weighted by Gasteiger charge is 2.25. The third kappa shape index (κ3) is 2.59. The summed E-state index contributed by atoms with van der Waals surface area (Å²) < 4.78 is 20.9. The van der Waals surface area contributed by atoms with Crippen LogP contribution in [-0.2, 0) is 0 Å². The molecule has 0 saturated carbocycles. The topological polar surface area (TPSA) is 98.4 Å². The predicted octanol–water partition coefficient (Wildman–Crippen LogP) is 2.90. The molecule has 3 rings (SSSR count). The van der Waals surface area contributed by atoms with Crippen molar-refractivity contribution >= 4 is 11.0 Å². The van der Waals surface area contributed by atoms with Crippen LogP contribution in [0, 0.1) is 0 Å². The van der Waals surface area contributed by atoms with Crippen LogP contribution < -0.4 is 19.6 Å². The summed E-state index contributed by atoms with van der Waals surface area (Å²) in [5.41, 5.74) is 0.00666. The molecule has 1 aromatic heterocycles. The van der Waals surface area contributed by atoms with Crippen LogP contribution in [-0.4, -0.2) is 31.5 Å². The maximum absolute atomic E-state index is 12.6. The van der Waals surface area contributed by atoms with Gasteiger partial charge in [0.15, 0.2) is 16.8 Å². The van der Waals surface area contributed by atoms with Crippen molar-refractivity contribution in [3.8, 4) is 40.1 Å². The van der Waals surface area contributed by atoms with Crippen molar-refractivity contribution in [2.45, 2.75) is 0 Å². The molecule has 0 amide bonds. The number of rotatable bonds is 4. The molecule has 1 heterocycles. The maximum atomic E-state index is 12.6. The summed E-state index contributed by atoms with van der Waals surface area (Å²) in [6.07, 6.45) is 0. The van der Waals surface area contributed by atoms with E-state index in [4.69, 9.17) is 18.6 Å². The van der Waals surface area contributed by atoms with Gasteiger partial charge in [-0.05, 0) is 24.3 Å². The van der Waals surface area contributed by atoms with E-state index in [1.54, 1.807) is 31.4 Å². The van der Waals surface area contributed by atoms with E-state index < -0.39 is 16.9 Å². The van der Waals surface area contributed by atoms with Crippen LogP contribution in [0.5, 0.6) is 28.7 Å². The van der Waals surface area contributed by atoms with E-state index in [2.05, 4.69) is 0 Å². The molecule has 0 atom stereocenters. The molecule has 0 unspecified atom stereocenters. The van der Waals surface area contributed by atoms with E-state index in [1.165, 1.54) is 20.3 Å². The second-order valence-corrected chi connectivity index (χ2v) is 5.17. The van der Waals surface area contributed by atoms with Gasteiger partial charge in [-0.15, -0.1) is 0 Å². The molecule has 0 radical (unpaired) electrons. The van der Waals surface area contributed by atoms with E-state index in [0.29, 0.717) is 11.3 Å². The fourth-order valence-corrected chi connectivity index (χ4v) is 2.60. The fraction of sp³-hybridized carbons (Fsp3) is 0.167. The van der Waals surface area contributed by atoms with Crippen molar-refractivity contribution in [2.24, 2.45) is 0 Å². The zero-order chi connectivity index (χ0) is 18.1. The van der Waals surface area contributed by atoms with Crippen molar-refractivity contribution < 1.29 is 28.8 Å². The Hall–Kier alpha value is -3.35. The zero-order valence-electron chi connectivity index (χ0n) is 13.8. The van der Waals surface area contributed by atoms with E-state index in [9.17, 15) is 15.0 Å². The van der Waals surface area contributed by atoms with Gasteiger partial charge in [-0.1, -0.05) is 0 Å². The molecule has 7 nitrogen and oxygen atoms in total. The highest BCUT2D eigenvalue weighted by Crippen LogP contribution is 2.49. The first-order valence-electron chi connectivity index (χ1n) is 7.30. The van der Waals surface area contributed by atoms with Crippen LogP contribution in [0.4, 0.5) is 0 Å². The Bertz CT molecular complexity index is 987. The van der Waals surface area contributed by atoms with Crippen molar-refractivity contribution in [1.82, 2.24) is 0 Å². The molecular formula is C18H16O7. The Morgan fingerprint density at radius 1 is 0.880 bits per heavy atom. The van der Waals surface area contributed by atoms with E-state index in [1.807, 2.05) is 0 Å². The standard InChI is InChI=1S/C18H16O7/c1-22-10-6-4-9(5-7-10)12-8-11(19)13-16(23-2)14(20)18(24-3)15(21)17(13)25-12/h4-8,20-21H,1-3H3. The van der Waals surface area contributed by atoms with Crippen molar-refractivity contribution in [3.05, 3.63) is 40.6 Å². The number of fused-ring (bicyclic) bond motifs is 1. The molecule has 0 aliphatic heterocycles. The quantitative estimate of drug-likeness (QED) is 0.751. The molecule has 0 saturated heterocycles. The minimum atomic E-state index is -0.483. The second kappa shape index (κ2) is 6.27. The number of methoxy groups -OCH3 is 3. The lowest BCUT2D eigenvalue weighted by atomic mass is 10.1. The van der Waals surface area contributed by atoms with Gasteiger partial charge in [0.1, 0.15) is 16.9 Å². The monoisotopic (exact) mass is 344 g/mol. The van der Waals surface area contributed by atoms with Gasteiger partial charge in [-0.25, -0.2) is 0 Å². The summed E-state index contributed by atoms with van der Waals surface area (Å²) in [6, 6.07) is 8.14. The average Bonchev–Trinajstić information content (AvgIpc) is 2.63. The van der Waals surface area contributed by atoms with Gasteiger partial charge in [-0.3, -0.25) is 4.79 Å². The molecule has 3 aromatic rings. The van der Waals surface area contributed by atoms with Gasteiger partial charge < -0.3 is 28.8 Å². The van der Waals surface area contributed by atoms with Gasteiger partial charge in [0, 0.05) is 11.6 Å². The third-order valence-electron chi connectivity index (χ3n) is 3.82. The summed E-state index contributed by atoms with van der Waals surface area (Å²) >= 11 is 0. The molecule has 0 fully saturated rings. The normalized spacial score (nSPS) is 10.7. The Labute approximate surface area is 142 Å². The van der Waals surface area contributed by atoms with Crippen molar-refractivity contribution in [1.29, 1.82) is 0 Å². The summed E-state index contributed by atoms with van der Waals surface area (Å²) in [4.78, 5) is 12.6. The van der Waals surface area contributed by atoms with Gasteiger partial charge in [0.05, 0.1) is 21.3 Å². The molecule has 0 aliphatic rings. The maximum Gasteiger partial charge on any atom is 0.210 e. The largest absolute Gasteiger partial charge is 0.502 e. The third-order valence-corrected chi connectivity index (χ3v) is 3.82. The van der Waals surface area contributed by atoms with Crippen LogP contribution in [0.2, 0.25) is 0 Å². The van der Waals surface area contributed by atoms with Crippen LogP contribution in [0.15, 0.2) is 39.5 Å². The number of aromatic hydroxyl groups is 2. The fourth-order valence-electron chi connectivity index (χ4n) is 2.60. The van der Waals surface area contributed by atoms with Crippen LogP contribution in [0.25, 0.3) is 22.3 Å². The lowest BCUT2D eigenvalue weighted by Crippen LogP contribution is -2.04. The smallest absolute Gasteiger partial charge is 0.210 e. The Morgan fingerprint density at radius 3 is 2.08 bits per heavy atom. The zero-order valence-corrected chi connectivity index (χ0v) is 13.8. The van der Waals surface area contributed by atoms with Gasteiger partial charge in [-0.2, -0.15) is 0 Å². The number of hydrogen-bond acceptors (Lipinski definition) is 7. The number of phenols is 2. The molecule has 2 N–H and O–H groups in total. The minimum Gasteiger partial charge on any atom is -0.502 e. The summed E-state index contributed by atoms with van der Waals surface area (Å²) in [7, 11) is 4.11. The molecule has 0 spiro atoms. The van der Waals surface area contributed by atoms with Crippen molar-refractivity contribution in [3.63, 3.8) is 0 Å². The lowest BCUT2D eigenvalue weighted by molar-refractivity contribution is 0.324. The van der Waals surface area contributed by atoms with Gasteiger partial charge >= 0.3 is 0 Å². The number of hydrogen-bond donors (Lipinski definition) is 2. The van der Waals surface area contributed by atoms with E-state index >= 15 is 0 Å². The van der Waals surface area contributed by atoms with Crippen LogP contribution >= 0.6 is 0 Å². The van der Waals surface area contributed by atoms with Crippen molar-refractivity contribution in [2.75, 3.05) is 21.3 Å². The van der Waals surface area contributed by atoms with Crippen LogP contribution in [0.3, 0.4) is 0 Å². The SMILES string of the molecule is COc1ccc(-c2cc(=O)c3c(OC)c(O)c(OC)c(O)c3o2)cc1. The summed E-state index contributed by atoms with van der Waals surface area (Å²) in [6.45, 7) is 0. The first-order chi connectivity index (χ1) is 12.0.